The lowest BCUT2D eigenvalue weighted by atomic mass is 10.6. The first-order valence-corrected chi connectivity index (χ1v) is 3.05. The lowest BCUT2D eigenvalue weighted by molar-refractivity contribution is -0.0588. The van der Waals surface area contributed by atoms with Gasteiger partial charge >= 0.3 is 6.03 Å². The van der Waals surface area contributed by atoms with E-state index in [-0.39, 0.29) is 6.67 Å². The summed E-state index contributed by atoms with van der Waals surface area (Å²) in [5.74, 6) is 0. The number of hydroxylamine groups is 2. The molecule has 2 N–H and O–H groups in total. The van der Waals surface area contributed by atoms with Crippen molar-refractivity contribution in [1.82, 2.24) is 15.3 Å². The Labute approximate surface area is 63.2 Å². The van der Waals surface area contributed by atoms with Crippen LogP contribution in [0, 0.1) is 0 Å². The highest BCUT2D eigenvalue weighted by atomic mass is 32.1. The van der Waals surface area contributed by atoms with E-state index in [0.717, 1.165) is 4.90 Å². The predicted octanol–water partition coefficient (Wildman–Crippen LogP) is -0.425. The number of nitrogens with one attached hydrogen (secondary N) is 1. The number of rotatable bonds is 0. The Morgan fingerprint density at radius 2 is 2.40 bits per heavy atom. The molecule has 0 aromatic carbocycles. The Bertz CT molecular complexity index is 183. The van der Waals surface area contributed by atoms with Crippen LogP contribution in [0.5, 0.6) is 0 Å². The Hall–Kier alpha value is -0.880. The highest BCUT2D eigenvalue weighted by Gasteiger charge is 2.24. The van der Waals surface area contributed by atoms with Gasteiger partial charge in [0.15, 0.2) is 5.11 Å². The second kappa shape index (κ2) is 2.39. The summed E-state index contributed by atoms with van der Waals surface area (Å²) < 4.78 is 0. The van der Waals surface area contributed by atoms with E-state index in [9.17, 15) is 4.79 Å². The molecule has 1 aliphatic heterocycles. The van der Waals surface area contributed by atoms with E-state index >= 15 is 0 Å². The molecule has 1 aliphatic rings. The topological polar surface area (TPSA) is 55.8 Å². The zero-order chi connectivity index (χ0) is 7.72. The number of thiocarbonyl (C=S) groups is 1. The van der Waals surface area contributed by atoms with Gasteiger partial charge in [-0.2, -0.15) is 5.06 Å². The predicted molar refractivity (Wildman–Crippen MR) is 37.4 cm³/mol. The van der Waals surface area contributed by atoms with E-state index < -0.39 is 6.03 Å². The molecule has 0 aromatic heterocycles. The largest absolute Gasteiger partial charge is 0.351 e. The maximum absolute atomic E-state index is 10.8. The fourth-order valence-electron chi connectivity index (χ4n) is 0.589. The van der Waals surface area contributed by atoms with E-state index in [2.05, 4.69) is 5.32 Å². The number of amides is 2. The maximum atomic E-state index is 10.8. The molecule has 0 spiro atoms. The zero-order valence-corrected chi connectivity index (χ0v) is 6.18. The van der Waals surface area contributed by atoms with Crippen LogP contribution in [0.15, 0.2) is 0 Å². The maximum Gasteiger partial charge on any atom is 0.351 e. The summed E-state index contributed by atoms with van der Waals surface area (Å²) in [5.41, 5.74) is 0. The standard InChI is InChI=1S/C4H7N3O2S/c1-6-3(10)5-2-7(9)4(6)8/h9H,2H2,1H3,(H,5,10). The van der Waals surface area contributed by atoms with Gasteiger partial charge in [0.05, 0.1) is 0 Å². The average molecular weight is 161 g/mol. The third-order valence-corrected chi connectivity index (χ3v) is 1.61. The van der Waals surface area contributed by atoms with Crippen molar-refractivity contribution in [1.29, 1.82) is 0 Å². The third kappa shape index (κ3) is 1.03. The molecule has 0 aliphatic carbocycles. The quantitative estimate of drug-likeness (QED) is 0.374. The molecular weight excluding hydrogens is 154 g/mol. The fraction of sp³-hybridized carbons (Fsp3) is 0.500. The molecule has 0 radical (unpaired) electrons. The van der Waals surface area contributed by atoms with Gasteiger partial charge in [-0.15, -0.1) is 0 Å². The molecule has 0 aromatic rings. The van der Waals surface area contributed by atoms with E-state index in [1.54, 1.807) is 0 Å². The third-order valence-electron chi connectivity index (χ3n) is 1.19. The minimum atomic E-state index is -0.510. The van der Waals surface area contributed by atoms with Crippen molar-refractivity contribution in [2.24, 2.45) is 0 Å². The van der Waals surface area contributed by atoms with Crippen molar-refractivity contribution in [3.05, 3.63) is 0 Å². The van der Waals surface area contributed by atoms with Crippen molar-refractivity contribution in [3.63, 3.8) is 0 Å². The van der Waals surface area contributed by atoms with Crippen LogP contribution in [0.3, 0.4) is 0 Å². The van der Waals surface area contributed by atoms with Gasteiger partial charge in [0.1, 0.15) is 6.67 Å². The minimum absolute atomic E-state index is 0.0575. The highest BCUT2D eigenvalue weighted by molar-refractivity contribution is 7.80. The summed E-state index contributed by atoms with van der Waals surface area (Å²) in [5, 5.41) is 12.3. The van der Waals surface area contributed by atoms with Gasteiger partial charge in [-0.3, -0.25) is 10.1 Å². The van der Waals surface area contributed by atoms with Gasteiger partial charge in [-0.1, -0.05) is 0 Å². The van der Waals surface area contributed by atoms with E-state index in [4.69, 9.17) is 17.4 Å². The second-order valence-corrected chi connectivity index (χ2v) is 2.27. The summed E-state index contributed by atoms with van der Waals surface area (Å²) in [4.78, 5) is 12.0. The van der Waals surface area contributed by atoms with Crippen LogP contribution in [-0.2, 0) is 0 Å². The molecule has 1 heterocycles. The van der Waals surface area contributed by atoms with Crippen molar-refractivity contribution >= 4 is 23.4 Å². The number of carbonyl (C=O) groups excluding carboxylic acids is 1. The summed E-state index contributed by atoms with van der Waals surface area (Å²) in [7, 11) is 1.49. The molecule has 10 heavy (non-hydrogen) atoms. The van der Waals surface area contributed by atoms with Gasteiger partial charge in [0, 0.05) is 7.05 Å². The van der Waals surface area contributed by atoms with Crippen LogP contribution in [-0.4, -0.2) is 40.0 Å². The lowest BCUT2D eigenvalue weighted by Gasteiger charge is -2.29. The van der Waals surface area contributed by atoms with Gasteiger partial charge < -0.3 is 5.32 Å². The first-order chi connectivity index (χ1) is 4.63. The van der Waals surface area contributed by atoms with E-state index in [1.807, 2.05) is 0 Å². The molecule has 0 unspecified atom stereocenters. The highest BCUT2D eigenvalue weighted by Crippen LogP contribution is 1.98. The zero-order valence-electron chi connectivity index (χ0n) is 5.37. The SMILES string of the molecule is CN1C(=O)N(O)CNC1=S. The van der Waals surface area contributed by atoms with E-state index in [1.165, 1.54) is 7.05 Å². The van der Waals surface area contributed by atoms with Crippen LogP contribution >= 0.6 is 12.2 Å². The van der Waals surface area contributed by atoms with E-state index in [0.29, 0.717) is 10.2 Å². The molecule has 0 bridgehead atoms. The van der Waals surface area contributed by atoms with Crippen LogP contribution < -0.4 is 5.32 Å². The number of hydrogen-bond donors (Lipinski definition) is 2. The van der Waals surface area contributed by atoms with Gasteiger partial charge in [-0.25, -0.2) is 4.79 Å². The summed E-state index contributed by atoms with van der Waals surface area (Å²) in [6.45, 7) is 0.0575. The first kappa shape index (κ1) is 7.23. The summed E-state index contributed by atoms with van der Waals surface area (Å²) in [6.07, 6.45) is 0. The Morgan fingerprint density at radius 3 is 2.90 bits per heavy atom. The Morgan fingerprint density at radius 1 is 1.80 bits per heavy atom. The van der Waals surface area contributed by atoms with Crippen LogP contribution in [0.4, 0.5) is 4.79 Å². The Balaban J connectivity index is 2.70. The molecule has 6 heteroatoms. The molecule has 2 amide bonds. The molecule has 56 valence electrons. The lowest BCUT2D eigenvalue weighted by Crippen LogP contribution is -2.56. The fourth-order valence-corrected chi connectivity index (χ4v) is 0.731. The van der Waals surface area contributed by atoms with Gasteiger partial charge in [-0.05, 0) is 12.2 Å². The smallest absolute Gasteiger partial charge is 0.342 e. The molecule has 1 fully saturated rings. The summed E-state index contributed by atoms with van der Waals surface area (Å²) in [6, 6.07) is -0.510. The van der Waals surface area contributed by atoms with Crippen molar-refractivity contribution < 1.29 is 10.0 Å². The van der Waals surface area contributed by atoms with Gasteiger partial charge in [0.25, 0.3) is 0 Å². The van der Waals surface area contributed by atoms with Crippen LogP contribution in [0.1, 0.15) is 0 Å². The van der Waals surface area contributed by atoms with Gasteiger partial charge in [0.2, 0.25) is 0 Å². The molecular formula is C4H7N3O2S. The normalized spacial score (nSPS) is 19.4. The van der Waals surface area contributed by atoms with Crippen LogP contribution in [0.25, 0.3) is 0 Å². The molecule has 0 atom stereocenters. The van der Waals surface area contributed by atoms with Crippen molar-refractivity contribution in [3.8, 4) is 0 Å². The number of hydrogen-bond acceptors (Lipinski definition) is 3. The molecule has 1 saturated heterocycles. The second-order valence-electron chi connectivity index (χ2n) is 1.88. The number of nitrogens with zero attached hydrogens (tertiary/aromatic N) is 2. The number of urea groups is 1. The van der Waals surface area contributed by atoms with Crippen molar-refractivity contribution in [2.45, 2.75) is 0 Å². The average Bonchev–Trinajstić information content (AvgIpc) is 1.93. The minimum Gasteiger partial charge on any atom is -0.342 e. The first-order valence-electron chi connectivity index (χ1n) is 2.65. The summed E-state index contributed by atoms with van der Waals surface area (Å²) >= 11 is 4.71. The number of carbonyl (C=O) groups is 1. The monoisotopic (exact) mass is 161 g/mol. The van der Waals surface area contributed by atoms with Crippen molar-refractivity contribution in [2.75, 3.05) is 13.7 Å². The molecule has 5 nitrogen and oxygen atoms in total. The van der Waals surface area contributed by atoms with Crippen LogP contribution in [0.2, 0.25) is 0 Å². The molecule has 0 saturated carbocycles. The Kier molecular flexibility index (Phi) is 1.73. The molecule has 1 rings (SSSR count).